The molecule has 1 aliphatic rings. The largest absolute Gasteiger partial charge is 0.299 e. The van der Waals surface area contributed by atoms with Crippen molar-refractivity contribution in [1.29, 1.82) is 0 Å². The standard InChI is InChI=1S/C18H24N2S/c1-12(2)20-18(17-19-13(3)14(4)21-17)11-7-9-15-8-5-6-10-16(15)18/h5-6,8,10,12,20H,7,9,11H2,1-4H3. The Labute approximate surface area is 131 Å². The molecule has 0 amide bonds. The molecule has 1 heterocycles. The molecule has 112 valence electrons. The van der Waals surface area contributed by atoms with Gasteiger partial charge in [0.15, 0.2) is 0 Å². The van der Waals surface area contributed by atoms with Crippen LogP contribution in [-0.4, -0.2) is 11.0 Å². The first kappa shape index (κ1) is 14.7. The van der Waals surface area contributed by atoms with Gasteiger partial charge in [0.25, 0.3) is 0 Å². The number of aromatic nitrogens is 1. The summed E-state index contributed by atoms with van der Waals surface area (Å²) in [5.41, 5.74) is 3.97. The Morgan fingerprint density at radius 1 is 1.24 bits per heavy atom. The zero-order valence-electron chi connectivity index (χ0n) is 13.4. The molecule has 1 unspecified atom stereocenters. The van der Waals surface area contributed by atoms with Gasteiger partial charge in [-0.3, -0.25) is 5.32 Å². The first-order valence-corrected chi connectivity index (χ1v) is 8.65. The van der Waals surface area contributed by atoms with E-state index < -0.39 is 0 Å². The molecule has 1 aliphatic carbocycles. The highest BCUT2D eigenvalue weighted by Crippen LogP contribution is 2.42. The van der Waals surface area contributed by atoms with E-state index in [-0.39, 0.29) is 5.54 Å². The molecule has 0 saturated carbocycles. The predicted octanol–water partition coefficient (Wildman–Crippen LogP) is 4.34. The molecule has 21 heavy (non-hydrogen) atoms. The highest BCUT2D eigenvalue weighted by molar-refractivity contribution is 7.11. The average Bonchev–Trinajstić information content (AvgIpc) is 2.79. The zero-order valence-corrected chi connectivity index (χ0v) is 14.2. The first-order chi connectivity index (χ1) is 10.0. The predicted molar refractivity (Wildman–Crippen MR) is 90.0 cm³/mol. The molecule has 0 saturated heterocycles. The Morgan fingerprint density at radius 3 is 2.67 bits per heavy atom. The monoisotopic (exact) mass is 300 g/mol. The molecule has 1 N–H and O–H groups in total. The molecule has 2 aromatic rings. The summed E-state index contributed by atoms with van der Waals surface area (Å²) in [4.78, 5) is 6.25. The van der Waals surface area contributed by atoms with Gasteiger partial charge in [0.2, 0.25) is 0 Å². The van der Waals surface area contributed by atoms with Crippen LogP contribution >= 0.6 is 11.3 Å². The molecule has 0 radical (unpaired) electrons. The maximum Gasteiger partial charge on any atom is 0.118 e. The van der Waals surface area contributed by atoms with E-state index in [0.29, 0.717) is 6.04 Å². The summed E-state index contributed by atoms with van der Waals surface area (Å²) in [5, 5.41) is 5.09. The summed E-state index contributed by atoms with van der Waals surface area (Å²) in [6.07, 6.45) is 3.53. The molecule has 3 heteroatoms. The van der Waals surface area contributed by atoms with E-state index in [1.165, 1.54) is 39.5 Å². The number of nitrogens with one attached hydrogen (secondary N) is 1. The quantitative estimate of drug-likeness (QED) is 0.912. The molecule has 0 spiro atoms. The molecular formula is C18H24N2S. The van der Waals surface area contributed by atoms with Gasteiger partial charge in [0.1, 0.15) is 5.01 Å². The SMILES string of the molecule is Cc1nc(C2(NC(C)C)CCCc3ccccc32)sc1C. The number of benzene rings is 1. The molecule has 0 fully saturated rings. The second kappa shape index (κ2) is 5.54. The number of fused-ring (bicyclic) bond motifs is 1. The van der Waals surface area contributed by atoms with Crippen molar-refractivity contribution in [3.05, 3.63) is 51.0 Å². The van der Waals surface area contributed by atoms with Crippen LogP contribution in [0.2, 0.25) is 0 Å². The normalized spacial score (nSPS) is 21.6. The van der Waals surface area contributed by atoms with Gasteiger partial charge in [-0.25, -0.2) is 4.98 Å². The topological polar surface area (TPSA) is 24.9 Å². The van der Waals surface area contributed by atoms with Crippen LogP contribution in [0.5, 0.6) is 0 Å². The lowest BCUT2D eigenvalue weighted by atomic mass is 9.76. The number of hydrogen-bond donors (Lipinski definition) is 1. The maximum atomic E-state index is 4.91. The second-order valence-corrected chi connectivity index (χ2v) is 7.58. The van der Waals surface area contributed by atoms with E-state index >= 15 is 0 Å². The van der Waals surface area contributed by atoms with Gasteiger partial charge >= 0.3 is 0 Å². The van der Waals surface area contributed by atoms with Crippen molar-refractivity contribution >= 4 is 11.3 Å². The van der Waals surface area contributed by atoms with Gasteiger partial charge in [-0.15, -0.1) is 11.3 Å². The summed E-state index contributed by atoms with van der Waals surface area (Å²) in [6, 6.07) is 9.31. The Bertz CT molecular complexity index is 625. The number of aryl methyl sites for hydroxylation is 3. The number of thiazole rings is 1. The summed E-state index contributed by atoms with van der Waals surface area (Å²) in [7, 11) is 0. The van der Waals surface area contributed by atoms with E-state index in [4.69, 9.17) is 4.98 Å². The van der Waals surface area contributed by atoms with Crippen LogP contribution in [0.4, 0.5) is 0 Å². The third-order valence-corrected chi connectivity index (χ3v) is 5.64. The van der Waals surface area contributed by atoms with Gasteiger partial charge in [0, 0.05) is 10.9 Å². The van der Waals surface area contributed by atoms with Gasteiger partial charge in [-0.1, -0.05) is 24.3 Å². The highest BCUT2D eigenvalue weighted by atomic mass is 32.1. The van der Waals surface area contributed by atoms with Crippen molar-refractivity contribution < 1.29 is 0 Å². The molecule has 1 aromatic heterocycles. The lowest BCUT2D eigenvalue weighted by Crippen LogP contribution is -2.49. The minimum absolute atomic E-state index is 0.104. The van der Waals surface area contributed by atoms with E-state index in [2.05, 4.69) is 57.3 Å². The van der Waals surface area contributed by atoms with Crippen molar-refractivity contribution in [3.8, 4) is 0 Å². The average molecular weight is 300 g/mol. The van der Waals surface area contributed by atoms with Crippen molar-refractivity contribution in [1.82, 2.24) is 10.3 Å². The van der Waals surface area contributed by atoms with Crippen LogP contribution in [-0.2, 0) is 12.0 Å². The Kier molecular flexibility index (Phi) is 3.89. The summed E-state index contributed by atoms with van der Waals surface area (Å²) < 4.78 is 0. The molecule has 0 aliphatic heterocycles. The van der Waals surface area contributed by atoms with Gasteiger partial charge in [-0.2, -0.15) is 0 Å². The van der Waals surface area contributed by atoms with Crippen LogP contribution in [0.3, 0.4) is 0 Å². The summed E-state index contributed by atoms with van der Waals surface area (Å²) in [6.45, 7) is 8.75. The number of nitrogens with zero attached hydrogens (tertiary/aromatic N) is 1. The van der Waals surface area contributed by atoms with Crippen LogP contribution < -0.4 is 5.32 Å². The van der Waals surface area contributed by atoms with Crippen molar-refractivity contribution in [3.63, 3.8) is 0 Å². The number of rotatable bonds is 3. The lowest BCUT2D eigenvalue weighted by molar-refractivity contribution is 0.315. The van der Waals surface area contributed by atoms with E-state index in [1.54, 1.807) is 0 Å². The third kappa shape index (κ3) is 2.53. The van der Waals surface area contributed by atoms with Gasteiger partial charge < -0.3 is 0 Å². The molecule has 1 aromatic carbocycles. The minimum Gasteiger partial charge on any atom is -0.299 e. The van der Waals surface area contributed by atoms with E-state index in [1.807, 2.05) is 11.3 Å². The highest BCUT2D eigenvalue weighted by Gasteiger charge is 2.41. The van der Waals surface area contributed by atoms with Crippen molar-refractivity contribution in [2.45, 2.75) is 58.5 Å². The summed E-state index contributed by atoms with van der Waals surface area (Å²) >= 11 is 1.85. The second-order valence-electron chi connectivity index (χ2n) is 6.38. The van der Waals surface area contributed by atoms with Crippen LogP contribution in [0, 0.1) is 13.8 Å². The summed E-state index contributed by atoms with van der Waals surface area (Å²) in [5.74, 6) is 0. The third-order valence-electron chi connectivity index (χ3n) is 4.40. The molecule has 1 atom stereocenters. The van der Waals surface area contributed by atoms with Gasteiger partial charge in [-0.05, 0) is 58.1 Å². The smallest absolute Gasteiger partial charge is 0.118 e. The Hall–Kier alpha value is -1.19. The zero-order chi connectivity index (χ0) is 15.0. The van der Waals surface area contributed by atoms with Crippen molar-refractivity contribution in [2.24, 2.45) is 0 Å². The van der Waals surface area contributed by atoms with Gasteiger partial charge in [0.05, 0.1) is 11.2 Å². The first-order valence-electron chi connectivity index (χ1n) is 7.83. The molecule has 0 bridgehead atoms. The molecule has 2 nitrogen and oxygen atoms in total. The fourth-order valence-electron chi connectivity index (χ4n) is 3.42. The number of hydrogen-bond acceptors (Lipinski definition) is 3. The fraction of sp³-hybridized carbons (Fsp3) is 0.500. The minimum atomic E-state index is -0.104. The van der Waals surface area contributed by atoms with Crippen LogP contribution in [0.1, 0.15) is 53.4 Å². The van der Waals surface area contributed by atoms with E-state index in [9.17, 15) is 0 Å². The fourth-order valence-corrected chi connectivity index (χ4v) is 4.53. The Morgan fingerprint density at radius 2 is 2.00 bits per heavy atom. The van der Waals surface area contributed by atoms with Crippen LogP contribution in [0.25, 0.3) is 0 Å². The molecule has 3 rings (SSSR count). The molecular weight excluding hydrogens is 276 g/mol. The Balaban J connectivity index is 2.19. The van der Waals surface area contributed by atoms with Crippen molar-refractivity contribution in [2.75, 3.05) is 0 Å². The lowest BCUT2D eigenvalue weighted by Gasteiger charge is -2.40. The van der Waals surface area contributed by atoms with Crippen LogP contribution in [0.15, 0.2) is 24.3 Å². The maximum absolute atomic E-state index is 4.91. The van der Waals surface area contributed by atoms with E-state index in [0.717, 1.165) is 6.42 Å².